The van der Waals surface area contributed by atoms with Gasteiger partial charge in [-0.2, -0.15) is 0 Å². The summed E-state index contributed by atoms with van der Waals surface area (Å²) in [6, 6.07) is 0.721. The molecule has 0 bridgehead atoms. The van der Waals surface area contributed by atoms with Gasteiger partial charge in [0.25, 0.3) is 0 Å². The Hall–Kier alpha value is 0.540. The van der Waals surface area contributed by atoms with E-state index in [1.54, 1.807) is 0 Å². The third-order valence-electron chi connectivity index (χ3n) is 2.62. The first-order valence-corrected chi connectivity index (χ1v) is 5.56. The monoisotopic (exact) mass is 209 g/mol. The molecule has 0 spiro atoms. The van der Waals surface area contributed by atoms with E-state index >= 15 is 0 Å². The third-order valence-corrected chi connectivity index (χ3v) is 2.90. The fourth-order valence-corrected chi connectivity index (χ4v) is 2.32. The second kappa shape index (κ2) is 5.31. The van der Waals surface area contributed by atoms with Crippen LogP contribution in [-0.4, -0.2) is 29.4 Å². The van der Waals surface area contributed by atoms with Crippen LogP contribution in [0.3, 0.4) is 0 Å². The molecule has 0 aromatic rings. The Morgan fingerprint density at radius 1 is 1.25 bits per heavy atom. The standard InChI is InChI=1S/C9H17Cl2N/c1-12(7-9(10)11)8-5-3-2-4-6-8/h8-9H,2-7H2,1H3. The van der Waals surface area contributed by atoms with Crippen molar-refractivity contribution >= 4 is 23.2 Å². The number of rotatable bonds is 3. The molecule has 1 rings (SSSR count). The van der Waals surface area contributed by atoms with Gasteiger partial charge in [0.15, 0.2) is 0 Å². The minimum absolute atomic E-state index is 0.239. The molecule has 0 radical (unpaired) electrons. The highest BCUT2D eigenvalue weighted by Crippen LogP contribution is 2.22. The Balaban J connectivity index is 2.24. The highest BCUT2D eigenvalue weighted by molar-refractivity contribution is 6.44. The molecule has 0 amide bonds. The van der Waals surface area contributed by atoms with Crippen LogP contribution in [0.15, 0.2) is 0 Å². The second-order valence-corrected chi connectivity index (χ2v) is 4.90. The van der Waals surface area contributed by atoms with Gasteiger partial charge in [0.2, 0.25) is 0 Å². The van der Waals surface area contributed by atoms with Crippen LogP contribution in [0.1, 0.15) is 32.1 Å². The average Bonchev–Trinajstić information content (AvgIpc) is 2.05. The number of alkyl halides is 2. The average molecular weight is 210 g/mol. The molecule has 0 aromatic carbocycles. The van der Waals surface area contributed by atoms with Gasteiger partial charge in [-0.05, 0) is 19.9 Å². The molecule has 0 unspecified atom stereocenters. The molecule has 1 nitrogen and oxygen atoms in total. The Bertz CT molecular complexity index is 122. The third kappa shape index (κ3) is 3.51. The van der Waals surface area contributed by atoms with Crippen molar-refractivity contribution in [1.82, 2.24) is 4.90 Å². The van der Waals surface area contributed by atoms with Crippen molar-refractivity contribution < 1.29 is 0 Å². The van der Waals surface area contributed by atoms with Gasteiger partial charge in [0.05, 0.1) is 0 Å². The molecule has 12 heavy (non-hydrogen) atoms. The van der Waals surface area contributed by atoms with E-state index in [9.17, 15) is 0 Å². The van der Waals surface area contributed by atoms with Crippen LogP contribution in [0.5, 0.6) is 0 Å². The lowest BCUT2D eigenvalue weighted by molar-refractivity contribution is 0.198. The summed E-state index contributed by atoms with van der Waals surface area (Å²) in [5.41, 5.74) is 0. The maximum absolute atomic E-state index is 5.72. The first-order chi connectivity index (χ1) is 5.70. The lowest BCUT2D eigenvalue weighted by atomic mass is 9.94. The van der Waals surface area contributed by atoms with E-state index in [0.29, 0.717) is 0 Å². The fraction of sp³-hybridized carbons (Fsp3) is 1.00. The maximum Gasteiger partial charge on any atom is 0.120 e. The van der Waals surface area contributed by atoms with Crippen LogP contribution in [-0.2, 0) is 0 Å². The lowest BCUT2D eigenvalue weighted by Gasteiger charge is -2.31. The van der Waals surface area contributed by atoms with Crippen molar-refractivity contribution in [2.24, 2.45) is 0 Å². The van der Waals surface area contributed by atoms with Gasteiger partial charge >= 0.3 is 0 Å². The van der Waals surface area contributed by atoms with E-state index in [4.69, 9.17) is 23.2 Å². The molecule has 1 aliphatic carbocycles. The highest BCUT2D eigenvalue weighted by atomic mass is 35.5. The van der Waals surface area contributed by atoms with E-state index in [0.717, 1.165) is 12.6 Å². The van der Waals surface area contributed by atoms with Crippen molar-refractivity contribution in [3.8, 4) is 0 Å². The molecule has 0 aliphatic heterocycles. The van der Waals surface area contributed by atoms with Crippen LogP contribution >= 0.6 is 23.2 Å². The molecular weight excluding hydrogens is 193 g/mol. The molecule has 0 atom stereocenters. The van der Waals surface area contributed by atoms with Crippen molar-refractivity contribution in [2.75, 3.05) is 13.6 Å². The lowest BCUT2D eigenvalue weighted by Crippen LogP contribution is -2.36. The Labute approximate surface area is 85.0 Å². The van der Waals surface area contributed by atoms with Gasteiger partial charge < -0.3 is 4.90 Å². The van der Waals surface area contributed by atoms with Crippen LogP contribution in [0, 0.1) is 0 Å². The summed E-state index contributed by atoms with van der Waals surface area (Å²) < 4.78 is 0. The second-order valence-electron chi connectivity index (χ2n) is 3.62. The molecule has 0 saturated heterocycles. The topological polar surface area (TPSA) is 3.24 Å². The predicted molar refractivity (Wildman–Crippen MR) is 55.0 cm³/mol. The molecule has 1 saturated carbocycles. The van der Waals surface area contributed by atoms with Crippen LogP contribution in [0.4, 0.5) is 0 Å². The van der Waals surface area contributed by atoms with E-state index in [1.807, 2.05) is 0 Å². The van der Waals surface area contributed by atoms with E-state index in [-0.39, 0.29) is 4.84 Å². The van der Waals surface area contributed by atoms with Crippen molar-refractivity contribution in [1.29, 1.82) is 0 Å². The summed E-state index contributed by atoms with van der Waals surface area (Å²) in [5, 5.41) is 0. The van der Waals surface area contributed by atoms with Gasteiger partial charge in [-0.15, -0.1) is 23.2 Å². The SMILES string of the molecule is CN(CC(Cl)Cl)C1CCCCC1. The van der Waals surface area contributed by atoms with E-state index < -0.39 is 0 Å². The quantitative estimate of drug-likeness (QED) is 0.647. The molecule has 3 heteroatoms. The Morgan fingerprint density at radius 2 is 1.83 bits per heavy atom. The van der Waals surface area contributed by atoms with Crippen molar-refractivity contribution in [2.45, 2.75) is 43.0 Å². The molecule has 0 heterocycles. The van der Waals surface area contributed by atoms with Crippen molar-refractivity contribution in [3.63, 3.8) is 0 Å². The van der Waals surface area contributed by atoms with Crippen LogP contribution < -0.4 is 0 Å². The Morgan fingerprint density at radius 3 is 2.33 bits per heavy atom. The van der Waals surface area contributed by atoms with Gasteiger partial charge in [-0.3, -0.25) is 0 Å². The first-order valence-electron chi connectivity index (χ1n) is 4.68. The zero-order chi connectivity index (χ0) is 8.97. The number of nitrogens with zero attached hydrogens (tertiary/aromatic N) is 1. The van der Waals surface area contributed by atoms with E-state index in [2.05, 4.69) is 11.9 Å². The summed E-state index contributed by atoms with van der Waals surface area (Å²) in [6.45, 7) is 0.799. The van der Waals surface area contributed by atoms with Gasteiger partial charge in [-0.25, -0.2) is 0 Å². The molecule has 0 aromatic heterocycles. The number of halogens is 2. The molecular formula is C9H17Cl2N. The largest absolute Gasteiger partial charge is 0.301 e. The van der Waals surface area contributed by atoms with Gasteiger partial charge in [0.1, 0.15) is 4.84 Å². The van der Waals surface area contributed by atoms with Crippen LogP contribution in [0.2, 0.25) is 0 Å². The molecule has 72 valence electrons. The summed E-state index contributed by atoms with van der Waals surface area (Å²) >= 11 is 11.4. The first kappa shape index (κ1) is 10.6. The highest BCUT2D eigenvalue weighted by Gasteiger charge is 2.18. The van der Waals surface area contributed by atoms with Crippen LogP contribution in [0.25, 0.3) is 0 Å². The molecule has 1 fully saturated rings. The zero-order valence-electron chi connectivity index (χ0n) is 7.60. The van der Waals surface area contributed by atoms with E-state index in [1.165, 1.54) is 32.1 Å². The molecule has 0 N–H and O–H groups in total. The number of hydrogen-bond donors (Lipinski definition) is 0. The fourth-order valence-electron chi connectivity index (χ4n) is 1.89. The van der Waals surface area contributed by atoms with Gasteiger partial charge in [-0.1, -0.05) is 19.3 Å². The smallest absolute Gasteiger partial charge is 0.120 e. The summed E-state index contributed by atoms with van der Waals surface area (Å²) in [5.74, 6) is 0. The van der Waals surface area contributed by atoms with Crippen molar-refractivity contribution in [3.05, 3.63) is 0 Å². The summed E-state index contributed by atoms with van der Waals surface area (Å²) in [4.78, 5) is 2.06. The number of hydrogen-bond acceptors (Lipinski definition) is 1. The molecule has 1 aliphatic rings. The normalized spacial score (nSPS) is 20.8. The minimum atomic E-state index is -0.239. The Kier molecular flexibility index (Phi) is 4.70. The zero-order valence-corrected chi connectivity index (χ0v) is 9.11. The maximum atomic E-state index is 5.72. The summed E-state index contributed by atoms with van der Waals surface area (Å²) in [7, 11) is 2.12. The summed E-state index contributed by atoms with van der Waals surface area (Å²) in [6.07, 6.45) is 6.76. The predicted octanol–water partition coefficient (Wildman–Crippen LogP) is 3.05. The van der Waals surface area contributed by atoms with Gasteiger partial charge in [0, 0.05) is 12.6 Å². The minimum Gasteiger partial charge on any atom is -0.301 e.